The molecule has 0 saturated carbocycles. The number of hydrazone groups is 1. The molecule has 1 aromatic carbocycles. The van der Waals surface area contributed by atoms with E-state index in [9.17, 15) is 20.2 Å². The number of rotatable bonds is 6. The molecular formula is C10H10N4O4. The summed E-state index contributed by atoms with van der Waals surface area (Å²) in [5, 5.41) is 25.0. The summed E-state index contributed by atoms with van der Waals surface area (Å²) in [5.41, 5.74) is 1.79. The summed E-state index contributed by atoms with van der Waals surface area (Å²) < 4.78 is 0. The van der Waals surface area contributed by atoms with Crippen molar-refractivity contribution in [2.45, 2.75) is 6.42 Å². The van der Waals surface area contributed by atoms with E-state index in [1.807, 2.05) is 0 Å². The van der Waals surface area contributed by atoms with Gasteiger partial charge in [-0.2, -0.15) is 5.10 Å². The van der Waals surface area contributed by atoms with Crippen molar-refractivity contribution < 1.29 is 9.85 Å². The van der Waals surface area contributed by atoms with Gasteiger partial charge in [-0.3, -0.25) is 25.7 Å². The second-order valence-electron chi connectivity index (χ2n) is 3.16. The molecule has 0 unspecified atom stereocenters. The van der Waals surface area contributed by atoms with Gasteiger partial charge in [0, 0.05) is 18.7 Å². The lowest BCUT2D eigenvalue weighted by Gasteiger charge is -2.01. The highest BCUT2D eigenvalue weighted by atomic mass is 16.6. The third kappa shape index (κ3) is 3.37. The van der Waals surface area contributed by atoms with E-state index in [0.29, 0.717) is 6.42 Å². The second-order valence-corrected chi connectivity index (χ2v) is 3.16. The molecule has 0 aliphatic rings. The molecule has 0 radical (unpaired) electrons. The van der Waals surface area contributed by atoms with Gasteiger partial charge in [-0.1, -0.05) is 6.08 Å². The molecule has 0 atom stereocenters. The molecule has 1 aromatic rings. The average molecular weight is 250 g/mol. The first kappa shape index (κ1) is 13.3. The van der Waals surface area contributed by atoms with Crippen LogP contribution in [0.2, 0.25) is 0 Å². The van der Waals surface area contributed by atoms with Crippen molar-refractivity contribution >= 4 is 23.3 Å². The van der Waals surface area contributed by atoms with Crippen molar-refractivity contribution in [2.24, 2.45) is 5.10 Å². The fraction of sp³-hybridized carbons (Fsp3) is 0.100. The van der Waals surface area contributed by atoms with E-state index in [4.69, 9.17) is 0 Å². The molecule has 0 heterocycles. The Morgan fingerprint density at radius 1 is 1.33 bits per heavy atom. The van der Waals surface area contributed by atoms with Gasteiger partial charge in [0.2, 0.25) is 0 Å². The van der Waals surface area contributed by atoms with Crippen molar-refractivity contribution in [3.05, 3.63) is 51.1 Å². The quantitative estimate of drug-likeness (QED) is 0.361. The molecule has 18 heavy (non-hydrogen) atoms. The zero-order valence-corrected chi connectivity index (χ0v) is 9.28. The minimum Gasteiger partial charge on any atom is -0.272 e. The molecule has 0 aliphatic carbocycles. The third-order valence-corrected chi connectivity index (χ3v) is 1.94. The molecule has 0 bridgehead atoms. The maximum Gasteiger partial charge on any atom is 0.301 e. The number of nitro groups is 2. The molecule has 0 amide bonds. The Hall–Kier alpha value is -2.77. The average Bonchev–Trinajstić information content (AvgIpc) is 2.34. The molecule has 8 heteroatoms. The number of allylic oxidation sites excluding steroid dienone is 1. The molecule has 0 aromatic heterocycles. The monoisotopic (exact) mass is 250 g/mol. The van der Waals surface area contributed by atoms with Crippen molar-refractivity contribution in [1.29, 1.82) is 0 Å². The minimum atomic E-state index is -0.710. The second kappa shape index (κ2) is 6.09. The van der Waals surface area contributed by atoms with Crippen LogP contribution in [0.5, 0.6) is 0 Å². The van der Waals surface area contributed by atoms with Crippen LogP contribution < -0.4 is 5.43 Å². The van der Waals surface area contributed by atoms with Crippen molar-refractivity contribution in [1.82, 2.24) is 0 Å². The molecule has 94 valence electrons. The van der Waals surface area contributed by atoms with Crippen LogP contribution in [0.25, 0.3) is 0 Å². The van der Waals surface area contributed by atoms with E-state index in [1.54, 1.807) is 6.08 Å². The van der Waals surface area contributed by atoms with E-state index >= 15 is 0 Å². The number of nitrogens with one attached hydrogen (secondary N) is 1. The lowest BCUT2D eigenvalue weighted by atomic mass is 10.2. The van der Waals surface area contributed by atoms with E-state index in [1.165, 1.54) is 18.3 Å². The number of anilines is 1. The fourth-order valence-corrected chi connectivity index (χ4v) is 1.12. The first-order valence-electron chi connectivity index (χ1n) is 4.87. The van der Waals surface area contributed by atoms with E-state index in [0.717, 1.165) is 6.07 Å². The van der Waals surface area contributed by atoms with Crippen LogP contribution in [0, 0.1) is 20.2 Å². The molecule has 0 fully saturated rings. The van der Waals surface area contributed by atoms with Crippen LogP contribution >= 0.6 is 0 Å². The van der Waals surface area contributed by atoms with Gasteiger partial charge < -0.3 is 0 Å². The number of nitro benzene ring substituents is 2. The molecule has 1 rings (SSSR count). The van der Waals surface area contributed by atoms with Gasteiger partial charge in [0.1, 0.15) is 5.69 Å². The standard InChI is InChI=1S/C10H10N4O4/c1-2-3-6-11-12-9-5-4-8(13(15)16)7-10(9)14(17)18/h2,4-7,12H,1,3H2/b11-6+. The highest BCUT2D eigenvalue weighted by Gasteiger charge is 2.18. The predicted molar refractivity (Wildman–Crippen MR) is 66.7 cm³/mol. The number of hydrogen-bond acceptors (Lipinski definition) is 6. The minimum absolute atomic E-state index is 0.0888. The van der Waals surface area contributed by atoms with Crippen LogP contribution in [0.1, 0.15) is 6.42 Å². The summed E-state index contributed by atoms with van der Waals surface area (Å²) in [6.07, 6.45) is 3.58. The molecule has 8 nitrogen and oxygen atoms in total. The van der Waals surface area contributed by atoms with Crippen LogP contribution in [0.3, 0.4) is 0 Å². The number of non-ortho nitro benzene ring substituents is 1. The Morgan fingerprint density at radius 3 is 2.61 bits per heavy atom. The first-order valence-corrected chi connectivity index (χ1v) is 4.87. The lowest BCUT2D eigenvalue weighted by Crippen LogP contribution is -1.98. The maximum absolute atomic E-state index is 10.8. The first-order chi connectivity index (χ1) is 8.56. The van der Waals surface area contributed by atoms with Gasteiger partial charge in [0.25, 0.3) is 5.69 Å². The Balaban J connectivity index is 3.00. The normalized spacial score (nSPS) is 10.2. The Bertz CT molecular complexity index is 513. The lowest BCUT2D eigenvalue weighted by molar-refractivity contribution is -0.393. The molecule has 1 N–H and O–H groups in total. The summed E-state index contributed by atoms with van der Waals surface area (Å²) in [7, 11) is 0. The maximum atomic E-state index is 10.8. The fourth-order valence-electron chi connectivity index (χ4n) is 1.12. The van der Waals surface area contributed by atoms with Crippen LogP contribution in [0.4, 0.5) is 17.1 Å². The number of hydrogen-bond donors (Lipinski definition) is 1. The van der Waals surface area contributed by atoms with Crippen molar-refractivity contribution in [3.8, 4) is 0 Å². The molecule has 0 spiro atoms. The smallest absolute Gasteiger partial charge is 0.272 e. The number of benzene rings is 1. The van der Waals surface area contributed by atoms with E-state index in [-0.39, 0.29) is 11.4 Å². The number of nitrogens with zero attached hydrogens (tertiary/aromatic N) is 3. The largest absolute Gasteiger partial charge is 0.301 e. The summed E-state index contributed by atoms with van der Waals surface area (Å²) in [5.74, 6) is 0. The highest BCUT2D eigenvalue weighted by molar-refractivity contribution is 5.67. The van der Waals surface area contributed by atoms with E-state index < -0.39 is 15.5 Å². The molecular weight excluding hydrogens is 240 g/mol. The van der Waals surface area contributed by atoms with Gasteiger partial charge in [-0.15, -0.1) is 6.58 Å². The summed E-state index contributed by atoms with van der Waals surface area (Å²) in [6, 6.07) is 3.28. The third-order valence-electron chi connectivity index (χ3n) is 1.94. The van der Waals surface area contributed by atoms with Gasteiger partial charge in [0.05, 0.1) is 15.9 Å². The van der Waals surface area contributed by atoms with Crippen molar-refractivity contribution in [3.63, 3.8) is 0 Å². The zero-order valence-electron chi connectivity index (χ0n) is 9.28. The summed E-state index contributed by atoms with van der Waals surface area (Å²) in [6.45, 7) is 3.48. The van der Waals surface area contributed by atoms with Crippen LogP contribution in [-0.4, -0.2) is 16.1 Å². The highest BCUT2D eigenvalue weighted by Crippen LogP contribution is 2.28. The van der Waals surface area contributed by atoms with Gasteiger partial charge in [-0.05, 0) is 6.07 Å². The zero-order chi connectivity index (χ0) is 13.5. The molecule has 0 aliphatic heterocycles. The SMILES string of the molecule is C=CC/C=N/Nc1ccc([N+](=O)[O-])cc1[N+](=O)[O-]. The Morgan fingerprint density at radius 2 is 2.06 bits per heavy atom. The topological polar surface area (TPSA) is 111 Å². The van der Waals surface area contributed by atoms with E-state index in [2.05, 4.69) is 17.1 Å². The Kier molecular flexibility index (Phi) is 4.50. The van der Waals surface area contributed by atoms with Gasteiger partial charge in [0.15, 0.2) is 0 Å². The predicted octanol–water partition coefficient (Wildman–Crippen LogP) is 2.48. The molecule has 0 saturated heterocycles. The van der Waals surface area contributed by atoms with Crippen LogP contribution in [0.15, 0.2) is 36.0 Å². The van der Waals surface area contributed by atoms with Crippen LogP contribution in [-0.2, 0) is 0 Å². The van der Waals surface area contributed by atoms with Crippen molar-refractivity contribution in [2.75, 3.05) is 5.43 Å². The summed E-state index contributed by atoms with van der Waals surface area (Å²) >= 11 is 0. The van der Waals surface area contributed by atoms with Gasteiger partial charge >= 0.3 is 5.69 Å². The Labute approximate surface area is 102 Å². The van der Waals surface area contributed by atoms with Gasteiger partial charge in [-0.25, -0.2) is 0 Å². The summed E-state index contributed by atoms with van der Waals surface area (Å²) in [4.78, 5) is 19.9.